The molecule has 0 aliphatic heterocycles. The van der Waals surface area contributed by atoms with Crippen molar-refractivity contribution < 1.29 is 4.74 Å². The molecule has 0 fully saturated rings. The van der Waals surface area contributed by atoms with Crippen molar-refractivity contribution in [2.75, 3.05) is 12.8 Å². The first-order valence-corrected chi connectivity index (χ1v) is 13.5. The molecule has 1 unspecified atom stereocenters. The summed E-state index contributed by atoms with van der Waals surface area (Å²) < 4.78 is 6.17. The smallest absolute Gasteiger partial charge is 0.0700 e. The van der Waals surface area contributed by atoms with E-state index in [1.807, 2.05) is 0 Å². The molecule has 1 aromatic rings. The lowest BCUT2D eigenvalue weighted by molar-refractivity contribution is 0.138. The molecule has 0 radical (unpaired) electrons. The fourth-order valence-electron chi connectivity index (χ4n) is 3.29. The molecule has 0 aliphatic rings. The van der Waals surface area contributed by atoms with Gasteiger partial charge in [-0.25, -0.2) is 0 Å². The average molecular weight is 391 g/mol. The number of rotatable bonds is 9. The van der Waals surface area contributed by atoms with E-state index in [0.717, 1.165) is 19.3 Å². The molecule has 0 aromatic heterocycles. The van der Waals surface area contributed by atoms with E-state index in [0.29, 0.717) is 22.3 Å². The zero-order valence-electron chi connectivity index (χ0n) is 19.9. The summed E-state index contributed by atoms with van der Waals surface area (Å²) in [4.78, 5) is 0. The van der Waals surface area contributed by atoms with Gasteiger partial charge in [-0.3, -0.25) is 0 Å². The van der Waals surface area contributed by atoms with Crippen LogP contribution in [-0.2, 0) is 17.6 Å². The van der Waals surface area contributed by atoms with E-state index in [4.69, 9.17) is 4.74 Å². The van der Waals surface area contributed by atoms with Gasteiger partial charge in [-0.2, -0.15) is 0 Å². The van der Waals surface area contributed by atoms with Crippen LogP contribution in [-0.4, -0.2) is 21.6 Å². The lowest BCUT2D eigenvalue weighted by Crippen LogP contribution is -2.29. The van der Waals surface area contributed by atoms with E-state index in [1.165, 1.54) is 18.4 Å². The highest BCUT2D eigenvalue weighted by atomic mass is 28.3. The van der Waals surface area contributed by atoms with Crippen LogP contribution in [0.4, 0.5) is 0 Å². The summed E-state index contributed by atoms with van der Waals surface area (Å²) in [6.07, 6.45) is 4.55. The average Bonchev–Trinajstić information content (AvgIpc) is 2.51. The molecule has 27 heavy (non-hydrogen) atoms. The van der Waals surface area contributed by atoms with Crippen molar-refractivity contribution in [3.8, 4) is 0 Å². The van der Waals surface area contributed by atoms with Crippen molar-refractivity contribution in [3.05, 3.63) is 34.9 Å². The second-order valence-corrected chi connectivity index (χ2v) is 15.2. The van der Waals surface area contributed by atoms with Gasteiger partial charge in [0, 0.05) is 12.8 Å². The van der Waals surface area contributed by atoms with E-state index in [-0.39, 0.29) is 0 Å². The maximum absolute atomic E-state index is 6.17. The van der Waals surface area contributed by atoms with Gasteiger partial charge in [0.25, 0.3) is 0 Å². The van der Waals surface area contributed by atoms with Gasteiger partial charge in [-0.1, -0.05) is 87.1 Å². The number of aryl methyl sites for hydroxylation is 1. The third-order valence-electron chi connectivity index (χ3n) is 5.88. The number of benzene rings is 1. The van der Waals surface area contributed by atoms with Gasteiger partial charge < -0.3 is 4.74 Å². The Labute approximate surface area is 171 Å². The first-order chi connectivity index (χ1) is 12.3. The summed E-state index contributed by atoms with van der Waals surface area (Å²) >= 11 is 0. The van der Waals surface area contributed by atoms with Crippen LogP contribution in [0.5, 0.6) is 0 Å². The molecule has 0 bridgehead atoms. The van der Waals surface area contributed by atoms with Crippen LogP contribution in [0.1, 0.15) is 91.3 Å². The molecule has 0 saturated heterocycles. The summed E-state index contributed by atoms with van der Waals surface area (Å²) in [6, 6.07) is 6.95. The van der Waals surface area contributed by atoms with E-state index in [1.54, 1.807) is 11.1 Å². The molecule has 0 heterocycles. The monoisotopic (exact) mass is 390 g/mol. The molecule has 0 N–H and O–H groups in total. The van der Waals surface area contributed by atoms with Crippen LogP contribution in [0.3, 0.4) is 0 Å². The van der Waals surface area contributed by atoms with E-state index in [2.05, 4.69) is 87.1 Å². The lowest BCUT2D eigenvalue weighted by atomic mass is 9.83. The highest BCUT2D eigenvalue weighted by molar-refractivity contribution is 6.60. The Hall–Kier alpha value is -0.603. The van der Waals surface area contributed by atoms with Crippen LogP contribution in [0.15, 0.2) is 18.2 Å². The summed E-state index contributed by atoms with van der Waals surface area (Å²) in [5.41, 5.74) is 5.06. The molecule has 0 spiro atoms. The number of ether oxygens (including phenoxy) is 1. The second-order valence-electron chi connectivity index (χ2n) is 11.3. The maximum atomic E-state index is 6.17. The summed E-state index contributed by atoms with van der Waals surface area (Å²) in [7, 11) is -0.823. The third kappa shape index (κ3) is 8.96. The highest BCUT2D eigenvalue weighted by Gasteiger charge is 2.22. The van der Waals surface area contributed by atoms with Crippen molar-refractivity contribution in [2.45, 2.75) is 99.1 Å². The van der Waals surface area contributed by atoms with Crippen molar-refractivity contribution in [2.24, 2.45) is 11.3 Å². The maximum Gasteiger partial charge on any atom is 0.0700 e. The topological polar surface area (TPSA) is 9.23 Å². The minimum atomic E-state index is -0.823. The molecule has 0 amide bonds. The Balaban J connectivity index is 2.81. The molecule has 2 heteroatoms. The highest BCUT2D eigenvalue weighted by Crippen LogP contribution is 2.30. The van der Waals surface area contributed by atoms with Gasteiger partial charge in [0.15, 0.2) is 0 Å². The van der Waals surface area contributed by atoms with Crippen molar-refractivity contribution >= 4 is 8.80 Å². The molecular formula is C25H46OSi. The molecular weight excluding hydrogens is 344 g/mol. The molecule has 0 saturated carbocycles. The molecule has 1 aromatic carbocycles. The minimum absolute atomic E-state index is 0.382. The predicted octanol–water partition coefficient (Wildman–Crippen LogP) is 7.18. The van der Waals surface area contributed by atoms with Gasteiger partial charge >= 0.3 is 0 Å². The van der Waals surface area contributed by atoms with E-state index < -0.39 is 8.80 Å². The van der Waals surface area contributed by atoms with Crippen molar-refractivity contribution in [1.82, 2.24) is 0 Å². The largest absolute Gasteiger partial charge is 0.385 e. The first-order valence-electron chi connectivity index (χ1n) is 11.0. The van der Waals surface area contributed by atoms with Gasteiger partial charge in [0.05, 0.1) is 8.80 Å². The van der Waals surface area contributed by atoms with Gasteiger partial charge in [0.1, 0.15) is 0 Å². The fraction of sp³-hybridized carbons (Fsp3) is 0.760. The van der Waals surface area contributed by atoms with Gasteiger partial charge in [-0.15, -0.1) is 0 Å². The van der Waals surface area contributed by atoms with Crippen molar-refractivity contribution in [1.29, 1.82) is 0 Å². The van der Waals surface area contributed by atoms with Crippen LogP contribution >= 0.6 is 0 Å². The zero-order valence-corrected chi connectivity index (χ0v) is 21.1. The molecule has 2 atom stereocenters. The molecule has 1 nitrogen and oxygen atoms in total. The van der Waals surface area contributed by atoms with Crippen LogP contribution < -0.4 is 0 Å². The number of hydrogen-bond acceptors (Lipinski definition) is 1. The lowest BCUT2D eigenvalue weighted by Gasteiger charge is -2.26. The quantitative estimate of drug-likeness (QED) is 0.406. The summed E-state index contributed by atoms with van der Waals surface area (Å²) in [5.74, 6) is 1.15. The second kappa shape index (κ2) is 10.3. The Kier molecular flexibility index (Phi) is 9.28. The predicted molar refractivity (Wildman–Crippen MR) is 125 cm³/mol. The first kappa shape index (κ1) is 24.4. The fourth-order valence-corrected chi connectivity index (χ4v) is 4.28. The SMILES string of the molecule is CC(C)c1cccc(CCC(C)(C)C)c1C[C@@H](C)COC[SiH](C)C(C)(C)C. The van der Waals surface area contributed by atoms with Crippen LogP contribution in [0, 0.1) is 11.3 Å². The van der Waals surface area contributed by atoms with E-state index >= 15 is 0 Å². The summed E-state index contributed by atoms with van der Waals surface area (Å²) in [6.45, 7) is 24.4. The van der Waals surface area contributed by atoms with E-state index in [9.17, 15) is 0 Å². The van der Waals surface area contributed by atoms with Gasteiger partial charge in [-0.05, 0) is 58.2 Å². The Morgan fingerprint density at radius 1 is 1.00 bits per heavy atom. The standard InChI is InChI=1S/C25H46OSi/c1-19(2)22-13-11-12-21(14-15-24(4,5)6)23(22)16-20(3)17-26-18-27(10)25(7,8)9/h11-13,19-20,27H,14-18H2,1-10H3/t20-,27?/m1/s1. The van der Waals surface area contributed by atoms with Crippen LogP contribution in [0.25, 0.3) is 0 Å². The molecule has 156 valence electrons. The summed E-state index contributed by atoms with van der Waals surface area (Å²) in [5, 5.41) is 0.452. The zero-order chi connectivity index (χ0) is 20.8. The van der Waals surface area contributed by atoms with Crippen LogP contribution in [0.2, 0.25) is 11.6 Å². The Bertz CT molecular complexity index is 563. The molecule has 1 rings (SSSR count). The van der Waals surface area contributed by atoms with Crippen molar-refractivity contribution in [3.63, 3.8) is 0 Å². The van der Waals surface area contributed by atoms with Gasteiger partial charge in [0.2, 0.25) is 0 Å². The Morgan fingerprint density at radius 2 is 1.63 bits per heavy atom. The molecule has 0 aliphatic carbocycles. The minimum Gasteiger partial charge on any atom is -0.385 e. The Morgan fingerprint density at radius 3 is 2.15 bits per heavy atom. The third-order valence-corrected chi connectivity index (χ3v) is 9.57. The normalized spacial score (nSPS) is 15.2. The number of hydrogen-bond donors (Lipinski definition) is 0.